The molecule has 0 radical (unpaired) electrons. The molecule has 0 amide bonds. The van der Waals surface area contributed by atoms with Crippen LogP contribution in [-0.2, 0) is 13.1 Å². The largest absolute Gasteiger partial charge is 0.297 e. The molecule has 0 unspecified atom stereocenters. The van der Waals surface area contributed by atoms with E-state index in [0.29, 0.717) is 13.1 Å². The highest BCUT2D eigenvalue weighted by molar-refractivity contribution is 5.34. The molecule has 0 atom stereocenters. The fourth-order valence-corrected chi connectivity index (χ4v) is 3.00. The molecule has 0 aromatic heterocycles. The highest BCUT2D eigenvalue weighted by Crippen LogP contribution is 2.17. The van der Waals surface area contributed by atoms with Gasteiger partial charge in [-0.2, -0.15) is 0 Å². The molecule has 0 aliphatic carbocycles. The summed E-state index contributed by atoms with van der Waals surface area (Å²) in [6.07, 6.45) is 0. The molecule has 0 N–H and O–H groups in total. The lowest BCUT2D eigenvalue weighted by atomic mass is 10.1. The lowest BCUT2D eigenvalue weighted by molar-refractivity contribution is -0.384. The summed E-state index contributed by atoms with van der Waals surface area (Å²) < 4.78 is 13.7. The Morgan fingerprint density at radius 3 is 2.29 bits per heavy atom. The minimum absolute atomic E-state index is 0.130. The average molecular weight is 329 g/mol. The summed E-state index contributed by atoms with van der Waals surface area (Å²) in [4.78, 5) is 15.0. The van der Waals surface area contributed by atoms with E-state index in [1.54, 1.807) is 18.2 Å². The van der Waals surface area contributed by atoms with Crippen molar-refractivity contribution in [1.29, 1.82) is 0 Å². The lowest BCUT2D eigenvalue weighted by Gasteiger charge is -2.34. The van der Waals surface area contributed by atoms with E-state index in [4.69, 9.17) is 0 Å². The number of rotatable bonds is 5. The quantitative estimate of drug-likeness (QED) is 0.625. The van der Waals surface area contributed by atoms with Gasteiger partial charge in [-0.15, -0.1) is 0 Å². The summed E-state index contributed by atoms with van der Waals surface area (Å²) in [5.41, 5.74) is 1.81. The maximum atomic E-state index is 13.7. The summed E-state index contributed by atoms with van der Waals surface area (Å²) >= 11 is 0. The van der Waals surface area contributed by atoms with Crippen LogP contribution in [0.25, 0.3) is 0 Å². The molecule has 6 heteroatoms. The molecule has 2 aromatic rings. The van der Waals surface area contributed by atoms with Crippen molar-refractivity contribution in [3.63, 3.8) is 0 Å². The highest BCUT2D eigenvalue weighted by Gasteiger charge is 2.18. The molecule has 24 heavy (non-hydrogen) atoms. The first-order valence-corrected chi connectivity index (χ1v) is 8.03. The second-order valence-corrected chi connectivity index (χ2v) is 6.07. The van der Waals surface area contributed by atoms with Crippen LogP contribution in [-0.4, -0.2) is 40.9 Å². The second kappa shape index (κ2) is 7.51. The van der Waals surface area contributed by atoms with E-state index in [1.165, 1.54) is 12.1 Å². The van der Waals surface area contributed by atoms with Crippen LogP contribution < -0.4 is 0 Å². The van der Waals surface area contributed by atoms with Crippen LogP contribution in [0.2, 0.25) is 0 Å². The molecular weight excluding hydrogens is 309 g/mol. The van der Waals surface area contributed by atoms with Gasteiger partial charge in [0.2, 0.25) is 0 Å². The van der Waals surface area contributed by atoms with Crippen molar-refractivity contribution in [2.75, 3.05) is 26.2 Å². The van der Waals surface area contributed by atoms with E-state index in [1.807, 2.05) is 18.2 Å². The van der Waals surface area contributed by atoms with Crippen LogP contribution in [0, 0.1) is 15.9 Å². The van der Waals surface area contributed by atoms with Gasteiger partial charge in [-0.05, 0) is 11.6 Å². The zero-order valence-corrected chi connectivity index (χ0v) is 13.4. The van der Waals surface area contributed by atoms with E-state index < -0.39 is 0 Å². The SMILES string of the molecule is O=[N+]([O-])c1cccc(CN2CCN(Cc3ccccc3F)CC2)c1. The monoisotopic (exact) mass is 329 g/mol. The highest BCUT2D eigenvalue weighted by atomic mass is 19.1. The first-order valence-electron chi connectivity index (χ1n) is 8.03. The van der Waals surface area contributed by atoms with E-state index in [0.717, 1.165) is 37.3 Å². The summed E-state index contributed by atoms with van der Waals surface area (Å²) in [6.45, 7) is 4.80. The van der Waals surface area contributed by atoms with Crippen molar-refractivity contribution in [1.82, 2.24) is 9.80 Å². The van der Waals surface area contributed by atoms with Crippen LogP contribution in [0.3, 0.4) is 0 Å². The van der Waals surface area contributed by atoms with Crippen molar-refractivity contribution < 1.29 is 9.31 Å². The van der Waals surface area contributed by atoms with Crippen molar-refractivity contribution in [3.8, 4) is 0 Å². The fraction of sp³-hybridized carbons (Fsp3) is 0.333. The molecule has 3 rings (SSSR count). The Kier molecular flexibility index (Phi) is 5.17. The molecule has 2 aromatic carbocycles. The maximum Gasteiger partial charge on any atom is 0.269 e. The van der Waals surface area contributed by atoms with E-state index >= 15 is 0 Å². The zero-order chi connectivity index (χ0) is 16.9. The predicted octanol–water partition coefficient (Wildman–Crippen LogP) is 3.05. The van der Waals surface area contributed by atoms with Gasteiger partial charge in [-0.1, -0.05) is 30.3 Å². The van der Waals surface area contributed by atoms with Gasteiger partial charge in [0.05, 0.1) is 4.92 Å². The van der Waals surface area contributed by atoms with E-state index in [-0.39, 0.29) is 16.4 Å². The smallest absolute Gasteiger partial charge is 0.269 e. The first-order chi connectivity index (χ1) is 11.6. The van der Waals surface area contributed by atoms with E-state index in [9.17, 15) is 14.5 Å². The van der Waals surface area contributed by atoms with Crippen LogP contribution in [0.4, 0.5) is 10.1 Å². The summed E-state index contributed by atoms with van der Waals surface area (Å²) in [7, 11) is 0. The Morgan fingerprint density at radius 1 is 0.958 bits per heavy atom. The van der Waals surface area contributed by atoms with Gasteiger partial charge < -0.3 is 0 Å². The van der Waals surface area contributed by atoms with Crippen LogP contribution in [0.5, 0.6) is 0 Å². The molecule has 1 aliphatic heterocycles. The minimum atomic E-state index is -0.365. The molecule has 0 saturated carbocycles. The van der Waals surface area contributed by atoms with Gasteiger partial charge in [0.1, 0.15) is 5.82 Å². The Bertz CT molecular complexity index is 715. The number of nitrogens with zero attached hydrogens (tertiary/aromatic N) is 3. The Labute approximate surface area is 140 Å². The molecule has 1 heterocycles. The average Bonchev–Trinajstić information content (AvgIpc) is 2.59. The second-order valence-electron chi connectivity index (χ2n) is 6.07. The normalized spacial score (nSPS) is 16.2. The number of halogens is 1. The van der Waals surface area contributed by atoms with E-state index in [2.05, 4.69) is 9.80 Å². The number of non-ortho nitro benzene ring substituents is 1. The lowest BCUT2D eigenvalue weighted by Crippen LogP contribution is -2.45. The Balaban J connectivity index is 1.53. The number of hydrogen-bond acceptors (Lipinski definition) is 4. The number of piperazine rings is 1. The third kappa shape index (κ3) is 4.15. The third-order valence-electron chi connectivity index (χ3n) is 4.34. The van der Waals surface area contributed by atoms with Crippen LogP contribution >= 0.6 is 0 Å². The van der Waals surface area contributed by atoms with Gasteiger partial charge in [0, 0.05) is 57.0 Å². The molecule has 1 fully saturated rings. The Hall–Kier alpha value is -2.31. The van der Waals surface area contributed by atoms with Gasteiger partial charge in [0.25, 0.3) is 5.69 Å². The molecule has 126 valence electrons. The number of nitro groups is 1. The fourth-order valence-electron chi connectivity index (χ4n) is 3.00. The standard InChI is InChI=1S/C18H20FN3O2/c19-18-7-2-1-5-16(18)14-21-10-8-20(9-11-21)13-15-4-3-6-17(12-15)22(23)24/h1-7,12H,8-11,13-14H2. The number of benzene rings is 2. The molecule has 1 saturated heterocycles. The zero-order valence-electron chi connectivity index (χ0n) is 13.4. The van der Waals surface area contributed by atoms with Gasteiger partial charge in [-0.3, -0.25) is 19.9 Å². The number of hydrogen-bond donors (Lipinski definition) is 0. The topological polar surface area (TPSA) is 49.6 Å². The first kappa shape index (κ1) is 16.5. The van der Waals surface area contributed by atoms with Gasteiger partial charge in [-0.25, -0.2) is 4.39 Å². The van der Waals surface area contributed by atoms with Gasteiger partial charge >= 0.3 is 0 Å². The Morgan fingerprint density at radius 2 is 1.62 bits per heavy atom. The molecular formula is C18H20FN3O2. The van der Waals surface area contributed by atoms with Crippen molar-refractivity contribution in [3.05, 3.63) is 75.6 Å². The van der Waals surface area contributed by atoms with Crippen molar-refractivity contribution >= 4 is 5.69 Å². The summed E-state index contributed by atoms with van der Waals surface area (Å²) in [6, 6.07) is 13.7. The molecule has 0 spiro atoms. The van der Waals surface area contributed by atoms with Crippen LogP contribution in [0.1, 0.15) is 11.1 Å². The molecule has 1 aliphatic rings. The van der Waals surface area contributed by atoms with Crippen molar-refractivity contribution in [2.45, 2.75) is 13.1 Å². The summed E-state index contributed by atoms with van der Waals surface area (Å²) in [5.74, 6) is -0.156. The molecule has 5 nitrogen and oxygen atoms in total. The van der Waals surface area contributed by atoms with Crippen LogP contribution in [0.15, 0.2) is 48.5 Å². The van der Waals surface area contributed by atoms with Gasteiger partial charge in [0.15, 0.2) is 0 Å². The maximum absolute atomic E-state index is 13.7. The molecule has 0 bridgehead atoms. The van der Waals surface area contributed by atoms with Crippen molar-refractivity contribution in [2.24, 2.45) is 0 Å². The predicted molar refractivity (Wildman–Crippen MR) is 90.1 cm³/mol. The summed E-state index contributed by atoms with van der Waals surface area (Å²) in [5, 5.41) is 10.8. The number of nitro benzene ring substituents is 1. The minimum Gasteiger partial charge on any atom is -0.297 e. The third-order valence-corrected chi connectivity index (χ3v) is 4.34.